The van der Waals surface area contributed by atoms with E-state index in [0.29, 0.717) is 19.4 Å². The number of aliphatic hydroxyl groups is 1. The largest absolute Gasteiger partial charge is 0.480 e. The van der Waals surface area contributed by atoms with Crippen LogP contribution in [0.2, 0.25) is 0 Å². The topological polar surface area (TPSA) is 89.9 Å². The number of carbonyl (C=O) groups excluding carboxylic acids is 1. The van der Waals surface area contributed by atoms with E-state index in [4.69, 9.17) is 5.11 Å². The molecule has 6 heteroatoms. The number of nitrogens with one attached hydrogen (secondary N) is 1. The number of aliphatic hydroxyl groups excluding tert-OH is 1. The highest BCUT2D eigenvalue weighted by atomic mass is 16.4. The minimum absolute atomic E-state index is 0.193. The molecule has 2 atom stereocenters. The minimum atomic E-state index is -1.02. The summed E-state index contributed by atoms with van der Waals surface area (Å²) < 4.78 is 0. The van der Waals surface area contributed by atoms with Gasteiger partial charge in [0.25, 0.3) is 0 Å². The lowest BCUT2D eigenvalue weighted by atomic mass is 10.0. The Morgan fingerprint density at radius 2 is 2.11 bits per heavy atom. The Labute approximate surface area is 107 Å². The van der Waals surface area contributed by atoms with Gasteiger partial charge in [-0.15, -0.1) is 0 Å². The maximum atomic E-state index is 11.9. The quantitative estimate of drug-likeness (QED) is 0.690. The number of carboxylic acid groups (broad SMARTS) is 1. The van der Waals surface area contributed by atoms with E-state index in [-0.39, 0.29) is 12.5 Å². The molecule has 2 amide bonds. The van der Waals surface area contributed by atoms with E-state index in [1.807, 2.05) is 13.8 Å². The molecule has 0 aliphatic carbocycles. The van der Waals surface area contributed by atoms with Gasteiger partial charge in [-0.25, -0.2) is 9.59 Å². The van der Waals surface area contributed by atoms with Crippen LogP contribution in [-0.2, 0) is 4.79 Å². The fourth-order valence-corrected chi connectivity index (χ4v) is 2.07. The maximum absolute atomic E-state index is 11.9. The van der Waals surface area contributed by atoms with Crippen LogP contribution in [0.15, 0.2) is 0 Å². The molecule has 1 saturated heterocycles. The van der Waals surface area contributed by atoms with E-state index >= 15 is 0 Å². The molecule has 1 heterocycles. The molecule has 3 N–H and O–H groups in total. The number of hydrogen-bond donors (Lipinski definition) is 3. The number of piperidine rings is 1. The predicted molar refractivity (Wildman–Crippen MR) is 66.2 cm³/mol. The second kappa shape index (κ2) is 6.58. The molecule has 1 aliphatic rings. The third kappa shape index (κ3) is 4.52. The summed E-state index contributed by atoms with van der Waals surface area (Å²) in [6, 6.07) is -1.27. The van der Waals surface area contributed by atoms with Crippen LogP contribution in [0.25, 0.3) is 0 Å². The number of likely N-dealkylation sites (tertiary alicyclic amines) is 1. The first kappa shape index (κ1) is 14.8. The maximum Gasteiger partial charge on any atom is 0.326 e. The molecule has 1 fully saturated rings. The average Bonchev–Trinajstić information content (AvgIpc) is 2.27. The molecule has 0 bridgehead atoms. The van der Waals surface area contributed by atoms with E-state index in [2.05, 4.69) is 5.32 Å². The first-order valence-corrected chi connectivity index (χ1v) is 6.36. The van der Waals surface area contributed by atoms with Crippen molar-refractivity contribution < 1.29 is 19.8 Å². The van der Waals surface area contributed by atoms with Crippen molar-refractivity contribution in [2.24, 2.45) is 5.92 Å². The fourth-order valence-electron chi connectivity index (χ4n) is 2.07. The molecule has 0 aromatic rings. The van der Waals surface area contributed by atoms with Gasteiger partial charge in [0.2, 0.25) is 0 Å². The van der Waals surface area contributed by atoms with E-state index in [9.17, 15) is 14.7 Å². The first-order chi connectivity index (χ1) is 8.40. The van der Waals surface area contributed by atoms with Crippen LogP contribution in [0.1, 0.15) is 33.1 Å². The molecule has 0 spiro atoms. The Balaban J connectivity index is 2.52. The van der Waals surface area contributed by atoms with E-state index < -0.39 is 24.1 Å². The van der Waals surface area contributed by atoms with Crippen LogP contribution in [0.4, 0.5) is 4.79 Å². The highest BCUT2D eigenvalue weighted by Gasteiger charge is 2.26. The summed E-state index contributed by atoms with van der Waals surface area (Å²) in [7, 11) is 0. The van der Waals surface area contributed by atoms with Crippen molar-refractivity contribution in [2.45, 2.75) is 45.3 Å². The molecule has 0 aromatic carbocycles. The number of nitrogens with zero attached hydrogens (tertiary/aromatic N) is 1. The van der Waals surface area contributed by atoms with Crippen molar-refractivity contribution in [1.29, 1.82) is 0 Å². The Morgan fingerprint density at radius 1 is 1.44 bits per heavy atom. The zero-order valence-electron chi connectivity index (χ0n) is 10.9. The van der Waals surface area contributed by atoms with E-state index in [0.717, 1.165) is 6.42 Å². The van der Waals surface area contributed by atoms with Crippen LogP contribution in [0, 0.1) is 5.92 Å². The smallest absolute Gasteiger partial charge is 0.326 e. The second-order valence-electron chi connectivity index (χ2n) is 5.21. The number of carboxylic acids is 1. The number of β-amino-alcohol motifs (C(OH)–C–C–N with tert-alkyl or cyclic N) is 1. The highest BCUT2D eigenvalue weighted by molar-refractivity contribution is 5.82. The number of aliphatic carboxylic acids is 1. The summed E-state index contributed by atoms with van der Waals surface area (Å²) in [4.78, 5) is 24.4. The average molecular weight is 258 g/mol. The fraction of sp³-hybridized carbons (Fsp3) is 0.833. The van der Waals surface area contributed by atoms with Gasteiger partial charge in [0, 0.05) is 13.1 Å². The second-order valence-corrected chi connectivity index (χ2v) is 5.21. The SMILES string of the molecule is CC(C)CC(NC(=O)N1CCCC(O)C1)C(=O)O. The standard InChI is InChI=1S/C12H22N2O4/c1-8(2)6-10(11(16)17)13-12(18)14-5-3-4-9(15)7-14/h8-10,15H,3-7H2,1-2H3,(H,13,18)(H,16,17). The van der Waals surface area contributed by atoms with Crippen LogP contribution >= 0.6 is 0 Å². The first-order valence-electron chi connectivity index (χ1n) is 6.36. The number of amides is 2. The molecule has 18 heavy (non-hydrogen) atoms. The van der Waals surface area contributed by atoms with Crippen molar-refractivity contribution in [3.05, 3.63) is 0 Å². The molecule has 104 valence electrons. The van der Waals surface area contributed by atoms with Crippen LogP contribution in [0.3, 0.4) is 0 Å². The Hall–Kier alpha value is -1.30. The van der Waals surface area contributed by atoms with Gasteiger partial charge < -0.3 is 20.4 Å². The van der Waals surface area contributed by atoms with Gasteiger partial charge in [-0.2, -0.15) is 0 Å². The summed E-state index contributed by atoms with van der Waals surface area (Å²) in [5.74, 6) is -0.826. The number of rotatable bonds is 4. The zero-order chi connectivity index (χ0) is 13.7. The van der Waals surface area contributed by atoms with E-state index in [1.165, 1.54) is 4.90 Å². The molecule has 1 rings (SSSR count). The highest BCUT2D eigenvalue weighted by Crippen LogP contribution is 2.11. The van der Waals surface area contributed by atoms with Crippen molar-refractivity contribution in [1.82, 2.24) is 10.2 Å². The monoisotopic (exact) mass is 258 g/mol. The third-order valence-electron chi connectivity index (χ3n) is 2.99. The summed E-state index contributed by atoms with van der Waals surface area (Å²) in [5, 5.41) is 21.0. The summed E-state index contributed by atoms with van der Waals surface area (Å²) >= 11 is 0. The molecule has 1 aliphatic heterocycles. The van der Waals surface area contributed by atoms with Gasteiger partial charge in [0.15, 0.2) is 0 Å². The Morgan fingerprint density at radius 3 is 2.61 bits per heavy atom. The van der Waals surface area contributed by atoms with Crippen molar-refractivity contribution in [2.75, 3.05) is 13.1 Å². The molecular formula is C12H22N2O4. The lowest BCUT2D eigenvalue weighted by Gasteiger charge is -2.31. The summed E-state index contributed by atoms with van der Waals surface area (Å²) in [6.45, 7) is 4.66. The molecule has 0 saturated carbocycles. The minimum Gasteiger partial charge on any atom is -0.480 e. The zero-order valence-corrected chi connectivity index (χ0v) is 10.9. The molecular weight excluding hydrogens is 236 g/mol. The Bertz CT molecular complexity index is 306. The molecule has 6 nitrogen and oxygen atoms in total. The van der Waals surface area contributed by atoms with Gasteiger partial charge in [0.1, 0.15) is 6.04 Å². The number of hydrogen-bond acceptors (Lipinski definition) is 3. The normalized spacial score (nSPS) is 21.8. The van der Waals surface area contributed by atoms with Crippen molar-refractivity contribution >= 4 is 12.0 Å². The summed E-state index contributed by atoms with van der Waals surface area (Å²) in [6.07, 6.45) is 1.34. The lowest BCUT2D eigenvalue weighted by Crippen LogP contribution is -2.52. The molecule has 2 unspecified atom stereocenters. The van der Waals surface area contributed by atoms with Crippen molar-refractivity contribution in [3.8, 4) is 0 Å². The van der Waals surface area contributed by atoms with Crippen LogP contribution in [-0.4, -0.2) is 52.3 Å². The molecule has 0 aromatic heterocycles. The van der Waals surface area contributed by atoms with Gasteiger partial charge >= 0.3 is 12.0 Å². The van der Waals surface area contributed by atoms with Gasteiger partial charge in [-0.1, -0.05) is 13.8 Å². The third-order valence-corrected chi connectivity index (χ3v) is 2.99. The number of urea groups is 1. The number of carbonyl (C=O) groups is 2. The molecule has 0 radical (unpaired) electrons. The van der Waals surface area contributed by atoms with Crippen molar-refractivity contribution in [3.63, 3.8) is 0 Å². The lowest BCUT2D eigenvalue weighted by molar-refractivity contribution is -0.139. The van der Waals surface area contributed by atoms with Gasteiger partial charge in [-0.05, 0) is 25.2 Å². The summed E-state index contributed by atoms with van der Waals surface area (Å²) in [5.41, 5.74) is 0. The van der Waals surface area contributed by atoms with Crippen LogP contribution in [0.5, 0.6) is 0 Å². The predicted octanol–water partition coefficient (Wildman–Crippen LogP) is 0.652. The van der Waals surface area contributed by atoms with Crippen LogP contribution < -0.4 is 5.32 Å². The van der Waals surface area contributed by atoms with E-state index in [1.54, 1.807) is 0 Å². The Kier molecular flexibility index (Phi) is 5.40. The van der Waals surface area contributed by atoms with Gasteiger partial charge in [0.05, 0.1) is 6.10 Å². The van der Waals surface area contributed by atoms with Gasteiger partial charge in [-0.3, -0.25) is 0 Å².